The van der Waals surface area contributed by atoms with Crippen LogP contribution in [0.1, 0.15) is 18.2 Å². The number of hydrogen-bond acceptors (Lipinski definition) is 3. The summed E-state index contributed by atoms with van der Waals surface area (Å²) in [6.45, 7) is 4.18. The van der Waals surface area contributed by atoms with E-state index in [1.54, 1.807) is 13.4 Å². The Morgan fingerprint density at radius 3 is 2.83 bits per heavy atom. The number of ether oxygens (including phenoxy) is 1. The van der Waals surface area contributed by atoms with Crippen LogP contribution in [0.25, 0.3) is 0 Å². The van der Waals surface area contributed by atoms with Gasteiger partial charge in [0.25, 0.3) is 0 Å². The molecule has 96 valence electrons. The third-order valence-corrected chi connectivity index (χ3v) is 2.85. The second-order valence-corrected chi connectivity index (χ2v) is 4.53. The van der Waals surface area contributed by atoms with E-state index in [1.807, 2.05) is 24.3 Å². The molecule has 1 atom stereocenters. The minimum atomic E-state index is 0.285. The number of aryl methyl sites for hydroxylation is 1. The highest BCUT2D eigenvalue weighted by Crippen LogP contribution is 2.26. The van der Waals surface area contributed by atoms with Gasteiger partial charge in [-0.15, -0.1) is 0 Å². The monoisotopic (exact) mass is 245 g/mol. The van der Waals surface area contributed by atoms with Gasteiger partial charge in [-0.05, 0) is 43.7 Å². The first-order chi connectivity index (χ1) is 8.69. The van der Waals surface area contributed by atoms with Crippen molar-refractivity contribution >= 4 is 5.69 Å². The number of anilines is 1. The molecule has 2 aromatic rings. The number of rotatable bonds is 5. The summed E-state index contributed by atoms with van der Waals surface area (Å²) in [5, 5.41) is 3.44. The molecule has 0 bridgehead atoms. The molecule has 0 aliphatic rings. The smallest absolute Gasteiger partial charge is 0.142 e. The molecule has 3 heteroatoms. The first-order valence-electron chi connectivity index (χ1n) is 6.12. The van der Waals surface area contributed by atoms with Gasteiger partial charge in [-0.3, -0.25) is 0 Å². The van der Waals surface area contributed by atoms with Crippen LogP contribution >= 0.6 is 0 Å². The third kappa shape index (κ3) is 3.06. The Kier molecular flexibility index (Phi) is 3.92. The Hall–Kier alpha value is -1.90. The number of hydrogen-bond donors (Lipinski definition) is 1. The van der Waals surface area contributed by atoms with E-state index in [0.717, 1.165) is 23.6 Å². The summed E-state index contributed by atoms with van der Waals surface area (Å²) < 4.78 is 10.7. The fourth-order valence-electron chi connectivity index (χ4n) is 1.96. The quantitative estimate of drug-likeness (QED) is 0.873. The maximum atomic E-state index is 5.38. The van der Waals surface area contributed by atoms with E-state index in [4.69, 9.17) is 9.15 Å². The van der Waals surface area contributed by atoms with Crippen molar-refractivity contribution in [3.05, 3.63) is 47.9 Å². The molecule has 0 aliphatic heterocycles. The molecule has 2 rings (SSSR count). The molecular formula is C15H19NO2. The summed E-state index contributed by atoms with van der Waals surface area (Å²) in [6.07, 6.45) is 2.55. The fourth-order valence-corrected chi connectivity index (χ4v) is 1.96. The Morgan fingerprint density at radius 1 is 1.33 bits per heavy atom. The number of benzene rings is 1. The highest BCUT2D eigenvalue weighted by molar-refractivity contribution is 5.58. The molecule has 0 saturated heterocycles. The maximum absolute atomic E-state index is 5.38. The minimum Gasteiger partial charge on any atom is -0.495 e. The van der Waals surface area contributed by atoms with Gasteiger partial charge >= 0.3 is 0 Å². The van der Waals surface area contributed by atoms with Crippen LogP contribution in [0.15, 0.2) is 41.0 Å². The van der Waals surface area contributed by atoms with Crippen LogP contribution in [0.2, 0.25) is 0 Å². The predicted molar refractivity (Wildman–Crippen MR) is 73.2 cm³/mol. The fraction of sp³-hybridized carbons (Fsp3) is 0.333. The SMILES string of the molecule is COc1cc(C)ccc1NC(C)Cc1ccco1. The van der Waals surface area contributed by atoms with E-state index in [9.17, 15) is 0 Å². The lowest BCUT2D eigenvalue weighted by atomic mass is 10.1. The van der Waals surface area contributed by atoms with E-state index in [1.165, 1.54) is 5.56 Å². The van der Waals surface area contributed by atoms with Gasteiger partial charge in [-0.1, -0.05) is 6.07 Å². The zero-order valence-electron chi connectivity index (χ0n) is 11.1. The second-order valence-electron chi connectivity index (χ2n) is 4.53. The van der Waals surface area contributed by atoms with Crippen LogP contribution in [0, 0.1) is 6.92 Å². The molecule has 3 nitrogen and oxygen atoms in total. The average molecular weight is 245 g/mol. The van der Waals surface area contributed by atoms with Crippen molar-refractivity contribution in [1.29, 1.82) is 0 Å². The minimum absolute atomic E-state index is 0.285. The number of furan rings is 1. The molecule has 1 aromatic heterocycles. The van der Waals surface area contributed by atoms with Crippen LogP contribution in [0.5, 0.6) is 5.75 Å². The average Bonchev–Trinajstić information content (AvgIpc) is 2.84. The Morgan fingerprint density at radius 2 is 2.17 bits per heavy atom. The van der Waals surface area contributed by atoms with Gasteiger partial charge in [0, 0.05) is 12.5 Å². The molecule has 0 aliphatic carbocycles. The van der Waals surface area contributed by atoms with Crippen molar-refractivity contribution in [3.63, 3.8) is 0 Å². The molecule has 1 N–H and O–H groups in total. The zero-order chi connectivity index (χ0) is 13.0. The molecule has 1 heterocycles. The van der Waals surface area contributed by atoms with Crippen molar-refractivity contribution in [2.75, 3.05) is 12.4 Å². The molecule has 0 spiro atoms. The van der Waals surface area contributed by atoms with E-state index < -0.39 is 0 Å². The van der Waals surface area contributed by atoms with Crippen molar-refractivity contribution in [3.8, 4) is 5.75 Å². The lowest BCUT2D eigenvalue weighted by Gasteiger charge is -2.17. The topological polar surface area (TPSA) is 34.4 Å². The van der Waals surface area contributed by atoms with Crippen LogP contribution in [-0.2, 0) is 6.42 Å². The number of nitrogens with one attached hydrogen (secondary N) is 1. The van der Waals surface area contributed by atoms with Gasteiger partial charge in [0.15, 0.2) is 0 Å². The van der Waals surface area contributed by atoms with Crippen molar-refractivity contribution in [1.82, 2.24) is 0 Å². The summed E-state index contributed by atoms with van der Waals surface area (Å²) in [5.41, 5.74) is 2.21. The van der Waals surface area contributed by atoms with Gasteiger partial charge in [0.05, 0.1) is 19.1 Å². The van der Waals surface area contributed by atoms with E-state index in [0.29, 0.717) is 0 Å². The van der Waals surface area contributed by atoms with Crippen molar-refractivity contribution < 1.29 is 9.15 Å². The van der Waals surface area contributed by atoms with Gasteiger partial charge in [-0.25, -0.2) is 0 Å². The summed E-state index contributed by atoms with van der Waals surface area (Å²) in [6, 6.07) is 10.3. The van der Waals surface area contributed by atoms with Gasteiger partial charge < -0.3 is 14.5 Å². The van der Waals surface area contributed by atoms with Gasteiger partial charge in [-0.2, -0.15) is 0 Å². The maximum Gasteiger partial charge on any atom is 0.142 e. The van der Waals surface area contributed by atoms with Crippen LogP contribution < -0.4 is 10.1 Å². The molecular weight excluding hydrogens is 226 g/mol. The Balaban J connectivity index is 2.04. The summed E-state index contributed by atoms with van der Waals surface area (Å²) >= 11 is 0. The first-order valence-corrected chi connectivity index (χ1v) is 6.12. The lowest BCUT2D eigenvalue weighted by molar-refractivity contribution is 0.415. The molecule has 1 unspecified atom stereocenters. The second kappa shape index (κ2) is 5.63. The first kappa shape index (κ1) is 12.6. The highest BCUT2D eigenvalue weighted by Gasteiger charge is 2.09. The summed E-state index contributed by atoms with van der Waals surface area (Å²) in [5.74, 6) is 1.86. The molecule has 1 aromatic carbocycles. The van der Waals surface area contributed by atoms with Crippen LogP contribution in [0.4, 0.5) is 5.69 Å². The summed E-state index contributed by atoms with van der Waals surface area (Å²) in [7, 11) is 1.69. The van der Waals surface area contributed by atoms with Crippen molar-refractivity contribution in [2.45, 2.75) is 26.3 Å². The van der Waals surface area contributed by atoms with Crippen LogP contribution in [0.3, 0.4) is 0 Å². The van der Waals surface area contributed by atoms with Gasteiger partial charge in [0.1, 0.15) is 11.5 Å². The molecule has 0 saturated carbocycles. The third-order valence-electron chi connectivity index (χ3n) is 2.85. The standard InChI is InChI=1S/C15H19NO2/c1-11-6-7-14(15(9-11)17-3)16-12(2)10-13-5-4-8-18-13/h4-9,12,16H,10H2,1-3H3. The lowest BCUT2D eigenvalue weighted by Crippen LogP contribution is -2.18. The van der Waals surface area contributed by atoms with E-state index in [2.05, 4.69) is 25.2 Å². The Bertz CT molecular complexity index is 491. The zero-order valence-corrected chi connectivity index (χ0v) is 11.1. The van der Waals surface area contributed by atoms with Gasteiger partial charge in [0.2, 0.25) is 0 Å². The number of methoxy groups -OCH3 is 1. The molecule has 0 fully saturated rings. The molecule has 18 heavy (non-hydrogen) atoms. The van der Waals surface area contributed by atoms with E-state index >= 15 is 0 Å². The normalized spacial score (nSPS) is 12.2. The Labute approximate surface area is 108 Å². The molecule has 0 amide bonds. The van der Waals surface area contributed by atoms with Crippen LogP contribution in [-0.4, -0.2) is 13.2 Å². The summed E-state index contributed by atoms with van der Waals surface area (Å²) in [4.78, 5) is 0. The molecule has 0 radical (unpaired) electrons. The predicted octanol–water partition coefficient (Wildman–Crippen LogP) is 3.64. The van der Waals surface area contributed by atoms with Crippen molar-refractivity contribution in [2.24, 2.45) is 0 Å². The van der Waals surface area contributed by atoms with E-state index in [-0.39, 0.29) is 6.04 Å². The highest BCUT2D eigenvalue weighted by atomic mass is 16.5. The largest absolute Gasteiger partial charge is 0.495 e.